The fourth-order valence-corrected chi connectivity index (χ4v) is 3.56. The first-order valence-corrected chi connectivity index (χ1v) is 7.88. The molecule has 0 aromatic carbocycles. The summed E-state index contributed by atoms with van der Waals surface area (Å²) < 4.78 is 5.37. The number of carbonyl (C=O) groups excluding carboxylic acids is 1. The first kappa shape index (κ1) is 16.2. The Morgan fingerprint density at radius 2 is 1.95 bits per heavy atom. The minimum absolute atomic E-state index is 0.0873. The maximum Gasteiger partial charge on any atom is 0.163 e. The molecule has 2 aliphatic rings. The Kier molecular flexibility index (Phi) is 4.57. The van der Waals surface area contributed by atoms with Crippen LogP contribution >= 0.6 is 0 Å². The second kappa shape index (κ2) is 5.92. The first-order chi connectivity index (χ1) is 9.76. The van der Waals surface area contributed by atoms with E-state index in [1.165, 1.54) is 24.0 Å². The average molecular weight is 288 g/mol. The van der Waals surface area contributed by atoms with E-state index in [-0.39, 0.29) is 5.41 Å². The first-order valence-electron chi connectivity index (χ1n) is 7.88. The topological polar surface area (TPSA) is 26.3 Å². The summed E-state index contributed by atoms with van der Waals surface area (Å²) in [6, 6.07) is 0. The maximum absolute atomic E-state index is 12.8. The molecule has 116 valence electrons. The number of hydrogen-bond acceptors (Lipinski definition) is 2. The van der Waals surface area contributed by atoms with Gasteiger partial charge in [0.1, 0.15) is 0 Å². The molecular formula is C19H28O2. The van der Waals surface area contributed by atoms with E-state index in [1.807, 2.05) is 6.92 Å². The van der Waals surface area contributed by atoms with Crippen LogP contribution in [-0.4, -0.2) is 19.5 Å². The van der Waals surface area contributed by atoms with Crippen LogP contribution in [0, 0.1) is 11.3 Å². The van der Waals surface area contributed by atoms with E-state index in [0.717, 1.165) is 23.1 Å². The van der Waals surface area contributed by atoms with Crippen molar-refractivity contribution in [2.45, 2.75) is 53.4 Å². The van der Waals surface area contributed by atoms with Crippen molar-refractivity contribution >= 4 is 5.78 Å². The van der Waals surface area contributed by atoms with Gasteiger partial charge in [-0.15, -0.1) is 0 Å². The van der Waals surface area contributed by atoms with Crippen LogP contribution in [0.2, 0.25) is 0 Å². The quantitative estimate of drug-likeness (QED) is 0.690. The van der Waals surface area contributed by atoms with Gasteiger partial charge in [0.05, 0.1) is 6.61 Å². The van der Waals surface area contributed by atoms with Gasteiger partial charge in [-0.05, 0) is 55.6 Å². The van der Waals surface area contributed by atoms with Gasteiger partial charge in [-0.1, -0.05) is 31.6 Å². The lowest BCUT2D eigenvalue weighted by Gasteiger charge is -2.32. The number of rotatable bonds is 5. The Morgan fingerprint density at radius 3 is 2.38 bits per heavy atom. The third kappa shape index (κ3) is 3.55. The van der Waals surface area contributed by atoms with Crippen molar-refractivity contribution in [3.8, 4) is 0 Å². The molecular weight excluding hydrogens is 260 g/mol. The molecule has 1 fully saturated rings. The highest BCUT2D eigenvalue weighted by molar-refractivity contribution is 6.02. The highest BCUT2D eigenvalue weighted by atomic mass is 16.5. The highest BCUT2D eigenvalue weighted by Crippen LogP contribution is 2.48. The van der Waals surface area contributed by atoms with Crippen molar-refractivity contribution in [3.63, 3.8) is 0 Å². The van der Waals surface area contributed by atoms with E-state index in [9.17, 15) is 4.79 Å². The van der Waals surface area contributed by atoms with Crippen LogP contribution in [0.4, 0.5) is 0 Å². The molecule has 2 rings (SSSR count). The molecule has 2 heteroatoms. The van der Waals surface area contributed by atoms with Gasteiger partial charge in [0, 0.05) is 19.1 Å². The third-order valence-corrected chi connectivity index (χ3v) is 4.47. The van der Waals surface area contributed by atoms with E-state index in [1.54, 1.807) is 7.11 Å². The van der Waals surface area contributed by atoms with Crippen molar-refractivity contribution < 1.29 is 9.53 Å². The van der Waals surface area contributed by atoms with Crippen molar-refractivity contribution in [3.05, 3.63) is 34.4 Å². The molecule has 0 aliphatic heterocycles. The largest absolute Gasteiger partial charge is 0.380 e. The second-order valence-electron chi connectivity index (χ2n) is 7.48. The van der Waals surface area contributed by atoms with Crippen molar-refractivity contribution in [2.75, 3.05) is 13.7 Å². The molecule has 0 aromatic heterocycles. The summed E-state index contributed by atoms with van der Waals surface area (Å²) in [6.07, 6.45) is 4.01. The third-order valence-electron chi connectivity index (χ3n) is 4.47. The zero-order valence-corrected chi connectivity index (χ0v) is 14.1. The minimum Gasteiger partial charge on any atom is -0.380 e. The Hall–Kier alpha value is -1.15. The smallest absolute Gasteiger partial charge is 0.163 e. The molecule has 0 unspecified atom stereocenters. The van der Waals surface area contributed by atoms with Crippen LogP contribution in [0.5, 0.6) is 0 Å². The number of allylic oxidation sites excluding steroid dienone is 3. The fourth-order valence-electron chi connectivity index (χ4n) is 3.56. The number of methoxy groups -OCH3 is 1. The molecule has 2 aliphatic carbocycles. The standard InChI is InChI=1S/C19H28O2/c1-12(2)15(11-21-6)18(14-7-8-14)17-13(3)9-19(4,5)10-16(17)20/h14H,1,7-11H2,2-6H3/b18-15-. The van der Waals surface area contributed by atoms with E-state index in [4.69, 9.17) is 4.74 Å². The lowest BCUT2D eigenvalue weighted by molar-refractivity contribution is -0.117. The molecule has 0 radical (unpaired) electrons. The van der Waals surface area contributed by atoms with Crippen LogP contribution in [-0.2, 0) is 9.53 Å². The lowest BCUT2D eigenvalue weighted by Crippen LogP contribution is -2.27. The summed E-state index contributed by atoms with van der Waals surface area (Å²) in [5, 5.41) is 0. The average Bonchev–Trinajstić information content (AvgIpc) is 3.13. The van der Waals surface area contributed by atoms with Crippen molar-refractivity contribution in [1.82, 2.24) is 0 Å². The van der Waals surface area contributed by atoms with Gasteiger partial charge in [-0.2, -0.15) is 0 Å². The predicted molar refractivity (Wildman–Crippen MR) is 87.2 cm³/mol. The summed E-state index contributed by atoms with van der Waals surface area (Å²) in [7, 11) is 1.71. The highest BCUT2D eigenvalue weighted by Gasteiger charge is 2.38. The van der Waals surface area contributed by atoms with Crippen LogP contribution < -0.4 is 0 Å². The minimum atomic E-state index is 0.0873. The molecule has 0 heterocycles. The van der Waals surface area contributed by atoms with Gasteiger partial charge < -0.3 is 4.74 Å². The number of ether oxygens (including phenoxy) is 1. The molecule has 21 heavy (non-hydrogen) atoms. The molecule has 0 saturated heterocycles. The zero-order valence-electron chi connectivity index (χ0n) is 14.1. The van der Waals surface area contributed by atoms with E-state index >= 15 is 0 Å². The van der Waals surface area contributed by atoms with Crippen LogP contribution in [0.1, 0.15) is 53.4 Å². The molecule has 0 aromatic rings. The summed E-state index contributed by atoms with van der Waals surface area (Å²) in [6.45, 7) is 13.2. The lowest BCUT2D eigenvalue weighted by atomic mass is 9.71. The number of Topliss-reactive ketones (excluding diaryl/α,β-unsaturated/α-hetero) is 1. The monoisotopic (exact) mass is 288 g/mol. The Bertz CT molecular complexity index is 528. The normalized spacial score (nSPS) is 23.2. The van der Waals surface area contributed by atoms with E-state index in [0.29, 0.717) is 24.7 Å². The van der Waals surface area contributed by atoms with Gasteiger partial charge in [0.25, 0.3) is 0 Å². The predicted octanol–water partition coefficient (Wildman–Crippen LogP) is 4.62. The Balaban J connectivity index is 2.55. The second-order valence-corrected chi connectivity index (χ2v) is 7.48. The Morgan fingerprint density at radius 1 is 1.33 bits per heavy atom. The Labute approximate surface area is 129 Å². The molecule has 0 amide bonds. The van der Waals surface area contributed by atoms with E-state index in [2.05, 4.69) is 27.4 Å². The zero-order chi connectivity index (χ0) is 15.8. The summed E-state index contributed by atoms with van der Waals surface area (Å²) >= 11 is 0. The molecule has 0 bridgehead atoms. The molecule has 2 nitrogen and oxygen atoms in total. The number of hydrogen-bond donors (Lipinski definition) is 0. The molecule has 1 saturated carbocycles. The summed E-state index contributed by atoms with van der Waals surface area (Å²) in [5.74, 6) is 0.836. The molecule has 0 N–H and O–H groups in total. The summed E-state index contributed by atoms with van der Waals surface area (Å²) in [5.41, 5.74) is 5.73. The number of carbonyl (C=O) groups is 1. The molecule has 0 spiro atoms. The van der Waals surface area contributed by atoms with Crippen LogP contribution in [0.15, 0.2) is 34.4 Å². The maximum atomic E-state index is 12.8. The van der Waals surface area contributed by atoms with E-state index < -0.39 is 0 Å². The molecule has 0 atom stereocenters. The van der Waals surface area contributed by atoms with Crippen molar-refractivity contribution in [2.24, 2.45) is 11.3 Å². The van der Waals surface area contributed by atoms with Crippen LogP contribution in [0.3, 0.4) is 0 Å². The van der Waals surface area contributed by atoms with Gasteiger partial charge >= 0.3 is 0 Å². The van der Waals surface area contributed by atoms with Crippen molar-refractivity contribution in [1.29, 1.82) is 0 Å². The van der Waals surface area contributed by atoms with Gasteiger partial charge in [-0.3, -0.25) is 4.79 Å². The SMILES string of the molecule is C=C(C)/C(COC)=C(\C1=C(C)CC(C)(C)CC1=O)C1CC1. The summed E-state index contributed by atoms with van der Waals surface area (Å²) in [4.78, 5) is 12.8. The fraction of sp³-hybridized carbons (Fsp3) is 0.632. The number of ketones is 1. The van der Waals surface area contributed by atoms with Gasteiger partial charge in [0.2, 0.25) is 0 Å². The van der Waals surface area contributed by atoms with Gasteiger partial charge in [0.15, 0.2) is 5.78 Å². The van der Waals surface area contributed by atoms with Gasteiger partial charge in [-0.25, -0.2) is 0 Å². The van der Waals surface area contributed by atoms with Crippen LogP contribution in [0.25, 0.3) is 0 Å².